The Morgan fingerprint density at radius 3 is 2.44 bits per heavy atom. The van der Waals surface area contributed by atoms with Gasteiger partial charge in [-0.2, -0.15) is 4.98 Å². The van der Waals surface area contributed by atoms with E-state index in [1.807, 2.05) is 6.20 Å². The molecule has 2 fully saturated rings. The number of rotatable bonds is 10. The number of aromatic nitrogens is 3. The molecule has 0 unspecified atom stereocenters. The van der Waals surface area contributed by atoms with Crippen LogP contribution in [0.3, 0.4) is 0 Å². The second-order valence-corrected chi connectivity index (χ2v) is 19.4. The van der Waals surface area contributed by atoms with Gasteiger partial charge in [-0.3, -0.25) is 4.90 Å². The zero-order valence-electron chi connectivity index (χ0n) is 28.0. The molecule has 1 aliphatic heterocycles. The summed E-state index contributed by atoms with van der Waals surface area (Å²) in [5.74, 6) is 0.736. The van der Waals surface area contributed by atoms with Gasteiger partial charge in [0, 0.05) is 61.7 Å². The fourth-order valence-corrected chi connectivity index (χ4v) is 7.76. The summed E-state index contributed by atoms with van der Waals surface area (Å²) in [4.78, 5) is 14.9. The van der Waals surface area contributed by atoms with E-state index < -0.39 is 8.32 Å². The fraction of sp³-hybridized carbons (Fsp3) is 0.657. The molecule has 7 nitrogen and oxygen atoms in total. The molecule has 0 bridgehead atoms. The van der Waals surface area contributed by atoms with Crippen molar-refractivity contribution in [1.29, 1.82) is 0 Å². The largest absolute Gasteiger partial charge is 0.414 e. The van der Waals surface area contributed by atoms with Crippen molar-refractivity contribution in [2.24, 2.45) is 0 Å². The van der Waals surface area contributed by atoms with Gasteiger partial charge in [0.05, 0.1) is 0 Å². The highest BCUT2D eigenvalue weighted by atomic mass is 28.4. The monoisotopic (exact) mass is 604 g/mol. The lowest BCUT2D eigenvalue weighted by molar-refractivity contribution is 0.119. The second kappa shape index (κ2) is 13.8. The van der Waals surface area contributed by atoms with Gasteiger partial charge >= 0.3 is 0 Å². The summed E-state index contributed by atoms with van der Waals surface area (Å²) in [7, 11) is 0.467. The number of unbranched alkanes of at least 4 members (excludes halogenated alkanes) is 1. The SMILES string of the molecule is CCCCNc1ncc2c(-c3ccc(CN4CCCN(C)CC4)cc3)cn(C3CCC(O[Si](C)(C)C(C)(C)C)CC3)c2n1. The Bertz CT molecular complexity index is 1320. The molecule has 0 radical (unpaired) electrons. The highest BCUT2D eigenvalue weighted by Gasteiger charge is 2.40. The third-order valence-corrected chi connectivity index (χ3v) is 14.7. The average Bonchev–Trinajstić information content (AvgIpc) is 3.22. The highest BCUT2D eigenvalue weighted by Crippen LogP contribution is 2.42. The predicted molar refractivity (Wildman–Crippen MR) is 183 cm³/mol. The minimum atomic E-state index is -1.77. The van der Waals surface area contributed by atoms with Crippen LogP contribution in [0.2, 0.25) is 18.1 Å². The molecule has 5 rings (SSSR count). The van der Waals surface area contributed by atoms with E-state index in [0.717, 1.165) is 81.7 Å². The van der Waals surface area contributed by atoms with Crippen molar-refractivity contribution in [2.75, 3.05) is 45.1 Å². The van der Waals surface area contributed by atoms with Gasteiger partial charge in [0.25, 0.3) is 0 Å². The van der Waals surface area contributed by atoms with Gasteiger partial charge in [0.1, 0.15) is 5.65 Å². The standard InChI is InChI=1S/C35H56N6OSi/c1-8-9-19-36-34-37-24-31-32(28-13-11-27(12-14-28)25-40-21-10-20-39(5)22-23-40)26-41(33(31)38-34)29-15-17-30(18-16-29)42-43(6,7)35(2,3)4/h11-14,24,26,29-30H,8-10,15-23,25H2,1-7H3,(H,36,37,38). The maximum atomic E-state index is 6.83. The van der Waals surface area contributed by atoms with Crippen LogP contribution in [0, 0.1) is 0 Å². The van der Waals surface area contributed by atoms with Crippen molar-refractivity contribution in [3.8, 4) is 11.1 Å². The van der Waals surface area contributed by atoms with Gasteiger partial charge in [-0.25, -0.2) is 4.98 Å². The first-order chi connectivity index (χ1) is 20.5. The van der Waals surface area contributed by atoms with Crippen LogP contribution >= 0.6 is 0 Å². The number of benzene rings is 1. The third-order valence-electron chi connectivity index (χ3n) is 10.2. The molecule has 236 valence electrons. The molecular weight excluding hydrogens is 549 g/mol. The normalized spacial score (nSPS) is 21.3. The minimum absolute atomic E-state index is 0.243. The maximum Gasteiger partial charge on any atom is 0.224 e. The van der Waals surface area contributed by atoms with Crippen molar-refractivity contribution in [1.82, 2.24) is 24.3 Å². The highest BCUT2D eigenvalue weighted by molar-refractivity contribution is 6.74. The summed E-state index contributed by atoms with van der Waals surface area (Å²) < 4.78 is 9.29. The van der Waals surface area contributed by atoms with Crippen molar-refractivity contribution in [3.63, 3.8) is 0 Å². The lowest BCUT2D eigenvalue weighted by atomic mass is 9.93. The quantitative estimate of drug-likeness (QED) is 0.187. The van der Waals surface area contributed by atoms with E-state index in [2.05, 4.69) is 98.0 Å². The van der Waals surface area contributed by atoms with Crippen LogP contribution in [0.4, 0.5) is 5.95 Å². The van der Waals surface area contributed by atoms with E-state index in [4.69, 9.17) is 14.4 Å². The van der Waals surface area contributed by atoms with Crippen LogP contribution in [0.15, 0.2) is 36.7 Å². The van der Waals surface area contributed by atoms with Gasteiger partial charge in [0.2, 0.25) is 5.95 Å². The summed E-state index contributed by atoms with van der Waals surface area (Å²) >= 11 is 0. The van der Waals surface area contributed by atoms with Crippen LogP contribution < -0.4 is 5.32 Å². The summed E-state index contributed by atoms with van der Waals surface area (Å²) in [5, 5.41) is 4.84. The number of anilines is 1. The summed E-state index contributed by atoms with van der Waals surface area (Å²) in [6.45, 7) is 20.6. The van der Waals surface area contributed by atoms with Gasteiger partial charge in [0.15, 0.2) is 8.32 Å². The molecule has 3 aromatic rings. The Morgan fingerprint density at radius 2 is 1.74 bits per heavy atom. The number of nitrogens with one attached hydrogen (secondary N) is 1. The Balaban J connectivity index is 1.36. The van der Waals surface area contributed by atoms with E-state index in [1.165, 1.54) is 36.2 Å². The lowest BCUT2D eigenvalue weighted by Gasteiger charge is -2.41. The van der Waals surface area contributed by atoms with Crippen LogP contribution in [-0.4, -0.2) is 78.5 Å². The molecule has 8 heteroatoms. The molecule has 2 aromatic heterocycles. The first-order valence-corrected chi connectivity index (χ1v) is 19.7. The average molecular weight is 605 g/mol. The molecule has 1 aromatic carbocycles. The molecule has 1 saturated heterocycles. The number of likely N-dealkylation sites (N-methyl/N-ethyl adjacent to an activating group) is 1. The van der Waals surface area contributed by atoms with Gasteiger partial charge in [-0.1, -0.05) is 58.4 Å². The number of fused-ring (bicyclic) bond motifs is 1. The van der Waals surface area contributed by atoms with Crippen molar-refractivity contribution in [2.45, 2.75) is 109 Å². The molecule has 0 amide bonds. The zero-order chi connectivity index (χ0) is 30.6. The van der Waals surface area contributed by atoms with Crippen LogP contribution in [0.1, 0.15) is 84.2 Å². The van der Waals surface area contributed by atoms with E-state index in [9.17, 15) is 0 Å². The van der Waals surface area contributed by atoms with Crippen molar-refractivity contribution >= 4 is 25.3 Å². The third kappa shape index (κ3) is 7.88. The maximum absolute atomic E-state index is 6.83. The molecule has 0 spiro atoms. The Labute approximate surface area is 261 Å². The molecular formula is C35H56N6OSi. The fourth-order valence-electron chi connectivity index (χ4n) is 6.34. The summed E-state index contributed by atoms with van der Waals surface area (Å²) in [6.07, 6.45) is 12.7. The van der Waals surface area contributed by atoms with E-state index in [0.29, 0.717) is 12.1 Å². The molecule has 1 saturated carbocycles. The Hall–Kier alpha value is -2.26. The Morgan fingerprint density at radius 1 is 1.00 bits per heavy atom. The summed E-state index contributed by atoms with van der Waals surface area (Å²) in [5.41, 5.74) is 4.91. The molecule has 43 heavy (non-hydrogen) atoms. The van der Waals surface area contributed by atoms with Crippen LogP contribution in [0.25, 0.3) is 22.2 Å². The van der Waals surface area contributed by atoms with E-state index in [1.54, 1.807) is 0 Å². The van der Waals surface area contributed by atoms with Crippen LogP contribution in [0.5, 0.6) is 0 Å². The van der Waals surface area contributed by atoms with Gasteiger partial charge in [-0.05, 0) is 87.9 Å². The number of hydrogen-bond donors (Lipinski definition) is 1. The predicted octanol–water partition coefficient (Wildman–Crippen LogP) is 7.95. The minimum Gasteiger partial charge on any atom is -0.414 e. The first kappa shape index (κ1) is 32.1. The second-order valence-electron chi connectivity index (χ2n) is 14.6. The number of hydrogen-bond acceptors (Lipinski definition) is 6. The Kier molecular flexibility index (Phi) is 10.3. The van der Waals surface area contributed by atoms with Gasteiger partial charge < -0.3 is 19.2 Å². The molecule has 1 aliphatic carbocycles. The smallest absolute Gasteiger partial charge is 0.224 e. The zero-order valence-corrected chi connectivity index (χ0v) is 29.0. The van der Waals surface area contributed by atoms with Crippen molar-refractivity contribution < 1.29 is 4.43 Å². The topological polar surface area (TPSA) is 58.5 Å². The van der Waals surface area contributed by atoms with E-state index >= 15 is 0 Å². The molecule has 3 heterocycles. The molecule has 1 N–H and O–H groups in total. The lowest BCUT2D eigenvalue weighted by Crippen LogP contribution is -2.44. The van der Waals surface area contributed by atoms with Gasteiger partial charge in [-0.15, -0.1) is 0 Å². The van der Waals surface area contributed by atoms with Crippen molar-refractivity contribution in [3.05, 3.63) is 42.2 Å². The number of nitrogens with zero attached hydrogens (tertiary/aromatic N) is 5. The summed E-state index contributed by atoms with van der Waals surface area (Å²) in [6, 6.07) is 9.66. The first-order valence-electron chi connectivity index (χ1n) is 16.8. The molecule has 2 aliphatic rings. The molecule has 0 atom stereocenters. The van der Waals surface area contributed by atoms with Crippen LogP contribution in [-0.2, 0) is 11.0 Å². The van der Waals surface area contributed by atoms with E-state index in [-0.39, 0.29) is 5.04 Å².